The molecule has 24 heavy (non-hydrogen) atoms. The van der Waals surface area contributed by atoms with Crippen LogP contribution in [-0.4, -0.2) is 32.2 Å². The van der Waals surface area contributed by atoms with Crippen LogP contribution in [-0.2, 0) is 4.74 Å². The number of benzene rings is 2. The zero-order chi connectivity index (χ0) is 17.1. The standard InChI is InChI=1S/C17H15Br2FN2O2/c18-11-1-4-16(22-5-7-24-8-6-22)15(9-11)21-17(23)13-3-2-12(20)10-14(13)19/h1-4,9-10H,5-8H2,(H,21,23). The van der Waals surface area contributed by atoms with E-state index < -0.39 is 5.82 Å². The van der Waals surface area contributed by atoms with Crippen molar-refractivity contribution in [3.63, 3.8) is 0 Å². The first kappa shape index (κ1) is 17.4. The normalized spacial score (nSPS) is 14.5. The summed E-state index contributed by atoms with van der Waals surface area (Å²) in [5.74, 6) is -0.690. The molecule has 1 aliphatic rings. The molecular formula is C17H15Br2FN2O2. The minimum Gasteiger partial charge on any atom is -0.378 e. The second kappa shape index (κ2) is 7.63. The Kier molecular flexibility index (Phi) is 5.53. The highest BCUT2D eigenvalue weighted by Crippen LogP contribution is 2.31. The van der Waals surface area contributed by atoms with Gasteiger partial charge < -0.3 is 15.0 Å². The van der Waals surface area contributed by atoms with E-state index >= 15 is 0 Å². The molecule has 1 N–H and O–H groups in total. The first-order valence-corrected chi connectivity index (χ1v) is 9.02. The largest absolute Gasteiger partial charge is 0.378 e. The number of hydrogen-bond donors (Lipinski definition) is 1. The van der Waals surface area contributed by atoms with Gasteiger partial charge in [-0.15, -0.1) is 0 Å². The molecule has 0 aromatic heterocycles. The van der Waals surface area contributed by atoms with Gasteiger partial charge >= 0.3 is 0 Å². The molecular weight excluding hydrogens is 443 g/mol. The summed E-state index contributed by atoms with van der Waals surface area (Å²) >= 11 is 6.67. The Morgan fingerprint density at radius 3 is 2.58 bits per heavy atom. The Bertz CT molecular complexity index is 764. The predicted molar refractivity (Wildman–Crippen MR) is 99.2 cm³/mol. The molecule has 4 nitrogen and oxygen atoms in total. The number of halogens is 3. The van der Waals surface area contributed by atoms with Crippen molar-refractivity contribution in [1.82, 2.24) is 0 Å². The molecule has 3 rings (SSSR count). The van der Waals surface area contributed by atoms with Gasteiger partial charge in [0.1, 0.15) is 5.82 Å². The van der Waals surface area contributed by atoms with Crippen LogP contribution in [0.15, 0.2) is 45.3 Å². The molecule has 0 atom stereocenters. The second-order valence-corrected chi connectivity index (χ2v) is 7.11. The first-order chi connectivity index (χ1) is 11.5. The lowest BCUT2D eigenvalue weighted by atomic mass is 10.2. The molecule has 0 bridgehead atoms. The van der Waals surface area contributed by atoms with Crippen LogP contribution >= 0.6 is 31.9 Å². The van der Waals surface area contributed by atoms with E-state index in [4.69, 9.17) is 4.74 Å². The minimum absolute atomic E-state index is 0.297. The van der Waals surface area contributed by atoms with Crippen molar-refractivity contribution in [3.8, 4) is 0 Å². The van der Waals surface area contributed by atoms with Crippen LogP contribution in [0.3, 0.4) is 0 Å². The second-order valence-electron chi connectivity index (χ2n) is 5.34. The Morgan fingerprint density at radius 1 is 1.12 bits per heavy atom. The number of ether oxygens (including phenoxy) is 1. The van der Waals surface area contributed by atoms with Crippen molar-refractivity contribution in [3.05, 3.63) is 56.7 Å². The summed E-state index contributed by atoms with van der Waals surface area (Å²) in [4.78, 5) is 14.7. The lowest BCUT2D eigenvalue weighted by Crippen LogP contribution is -2.36. The van der Waals surface area contributed by atoms with Gasteiger partial charge in [0.05, 0.1) is 30.2 Å². The van der Waals surface area contributed by atoms with E-state index in [0.29, 0.717) is 28.9 Å². The molecule has 126 valence electrons. The zero-order valence-electron chi connectivity index (χ0n) is 12.7. The number of carbonyl (C=O) groups excluding carboxylic acids is 1. The van der Waals surface area contributed by atoms with E-state index in [1.165, 1.54) is 18.2 Å². The first-order valence-electron chi connectivity index (χ1n) is 7.43. The van der Waals surface area contributed by atoms with Gasteiger partial charge in [0.15, 0.2) is 0 Å². The van der Waals surface area contributed by atoms with Gasteiger partial charge in [-0.3, -0.25) is 4.79 Å². The van der Waals surface area contributed by atoms with E-state index in [-0.39, 0.29) is 5.91 Å². The Labute approximate surface area is 156 Å². The maximum atomic E-state index is 13.2. The van der Waals surface area contributed by atoms with Crippen molar-refractivity contribution in [2.45, 2.75) is 0 Å². The Morgan fingerprint density at radius 2 is 1.88 bits per heavy atom. The van der Waals surface area contributed by atoms with Crippen molar-refractivity contribution in [2.75, 3.05) is 36.5 Å². The van der Waals surface area contributed by atoms with Crippen LogP contribution in [0.25, 0.3) is 0 Å². The molecule has 2 aromatic rings. The number of anilines is 2. The molecule has 0 saturated carbocycles. The minimum atomic E-state index is -0.394. The number of hydrogen-bond acceptors (Lipinski definition) is 3. The molecule has 0 spiro atoms. The summed E-state index contributed by atoms with van der Waals surface area (Å²) in [6.45, 7) is 2.86. The molecule has 1 aliphatic heterocycles. The van der Waals surface area contributed by atoms with E-state index in [9.17, 15) is 9.18 Å². The van der Waals surface area contributed by atoms with Gasteiger partial charge in [-0.1, -0.05) is 15.9 Å². The van der Waals surface area contributed by atoms with Gasteiger partial charge in [0.2, 0.25) is 0 Å². The quantitative estimate of drug-likeness (QED) is 0.740. The predicted octanol–water partition coefficient (Wildman–Crippen LogP) is 4.44. The van der Waals surface area contributed by atoms with Gasteiger partial charge in [-0.2, -0.15) is 0 Å². The third-order valence-corrected chi connectivity index (χ3v) is 4.88. The molecule has 7 heteroatoms. The Hall–Kier alpha value is -1.44. The van der Waals surface area contributed by atoms with Crippen LogP contribution in [0.2, 0.25) is 0 Å². The molecule has 1 saturated heterocycles. The SMILES string of the molecule is O=C(Nc1cc(Br)ccc1N1CCOCC1)c1ccc(F)cc1Br. The van der Waals surface area contributed by atoms with E-state index in [2.05, 4.69) is 42.1 Å². The lowest BCUT2D eigenvalue weighted by Gasteiger charge is -2.30. The number of amides is 1. The smallest absolute Gasteiger partial charge is 0.256 e. The average molecular weight is 458 g/mol. The Balaban J connectivity index is 1.88. The van der Waals surface area contributed by atoms with Crippen molar-refractivity contribution in [2.24, 2.45) is 0 Å². The van der Waals surface area contributed by atoms with Crippen LogP contribution in [0.1, 0.15) is 10.4 Å². The number of carbonyl (C=O) groups is 1. The third kappa shape index (κ3) is 3.96. The topological polar surface area (TPSA) is 41.6 Å². The van der Waals surface area contributed by atoms with E-state index in [0.717, 1.165) is 23.2 Å². The van der Waals surface area contributed by atoms with Gasteiger partial charge in [-0.05, 0) is 52.3 Å². The van der Waals surface area contributed by atoms with Crippen LogP contribution < -0.4 is 10.2 Å². The number of nitrogens with zero attached hydrogens (tertiary/aromatic N) is 1. The lowest BCUT2D eigenvalue weighted by molar-refractivity contribution is 0.102. The van der Waals surface area contributed by atoms with Crippen LogP contribution in [0.5, 0.6) is 0 Å². The van der Waals surface area contributed by atoms with Gasteiger partial charge in [0.25, 0.3) is 5.91 Å². The maximum absolute atomic E-state index is 13.2. The molecule has 2 aromatic carbocycles. The molecule has 0 unspecified atom stereocenters. The highest BCUT2D eigenvalue weighted by atomic mass is 79.9. The fraction of sp³-hybridized carbons (Fsp3) is 0.235. The van der Waals surface area contributed by atoms with Crippen LogP contribution in [0, 0.1) is 5.82 Å². The molecule has 1 fully saturated rings. The number of nitrogens with one attached hydrogen (secondary N) is 1. The highest BCUT2D eigenvalue weighted by molar-refractivity contribution is 9.10. The summed E-state index contributed by atoms with van der Waals surface area (Å²) in [6.07, 6.45) is 0. The van der Waals surface area contributed by atoms with E-state index in [1.54, 1.807) is 0 Å². The summed E-state index contributed by atoms with van der Waals surface area (Å²) < 4.78 is 19.9. The molecule has 0 aliphatic carbocycles. The summed E-state index contributed by atoms with van der Waals surface area (Å²) in [6, 6.07) is 9.77. The van der Waals surface area contributed by atoms with Crippen molar-refractivity contribution >= 4 is 49.1 Å². The number of rotatable bonds is 3. The van der Waals surface area contributed by atoms with E-state index in [1.807, 2.05) is 18.2 Å². The van der Waals surface area contributed by atoms with Gasteiger partial charge in [0, 0.05) is 22.0 Å². The summed E-state index contributed by atoms with van der Waals surface area (Å²) in [5, 5.41) is 2.92. The molecule has 1 amide bonds. The van der Waals surface area contributed by atoms with Crippen molar-refractivity contribution in [1.29, 1.82) is 0 Å². The average Bonchev–Trinajstić information content (AvgIpc) is 2.55. The molecule has 1 heterocycles. The summed E-state index contributed by atoms with van der Waals surface area (Å²) in [7, 11) is 0. The number of morpholine rings is 1. The zero-order valence-corrected chi connectivity index (χ0v) is 15.9. The fourth-order valence-corrected chi connectivity index (χ4v) is 3.44. The van der Waals surface area contributed by atoms with Crippen LogP contribution in [0.4, 0.5) is 15.8 Å². The summed E-state index contributed by atoms with van der Waals surface area (Å²) in [5.41, 5.74) is 2.02. The molecule has 0 radical (unpaired) electrons. The highest BCUT2D eigenvalue weighted by Gasteiger charge is 2.18. The van der Waals surface area contributed by atoms with Gasteiger partial charge in [-0.25, -0.2) is 4.39 Å². The van der Waals surface area contributed by atoms with Crippen molar-refractivity contribution < 1.29 is 13.9 Å². The fourth-order valence-electron chi connectivity index (χ4n) is 2.55. The monoisotopic (exact) mass is 456 g/mol. The maximum Gasteiger partial charge on any atom is 0.256 e. The third-order valence-electron chi connectivity index (χ3n) is 3.73.